The summed E-state index contributed by atoms with van der Waals surface area (Å²) in [5.74, 6) is 1.55. The highest BCUT2D eigenvalue weighted by atomic mass is 32.2. The molecule has 3 aromatic heterocycles. The molecule has 0 amide bonds. The van der Waals surface area contributed by atoms with Gasteiger partial charge in [0.15, 0.2) is 5.96 Å². The molecule has 11 heteroatoms. The first kappa shape index (κ1) is 21.8. The second kappa shape index (κ2) is 10.7. The lowest BCUT2D eigenvalue weighted by atomic mass is 10.1. The average molecular weight is 445 g/mol. The minimum absolute atomic E-state index is 0.0979. The summed E-state index contributed by atoms with van der Waals surface area (Å²) < 4.78 is 0. The number of thioether (sulfide) groups is 1. The fourth-order valence-electron chi connectivity index (χ4n) is 2.56. The smallest absolute Gasteiger partial charge is 0.255 e. The van der Waals surface area contributed by atoms with Gasteiger partial charge < -0.3 is 16.4 Å². The van der Waals surface area contributed by atoms with Crippen LogP contribution in [0.25, 0.3) is 0 Å². The van der Waals surface area contributed by atoms with Gasteiger partial charge in [-0.15, -0.1) is 23.1 Å². The Morgan fingerprint density at radius 3 is 2.87 bits per heavy atom. The maximum Gasteiger partial charge on any atom is 0.255 e. The summed E-state index contributed by atoms with van der Waals surface area (Å²) in [6, 6.07) is 3.90. The van der Waals surface area contributed by atoms with Gasteiger partial charge in [0.1, 0.15) is 5.37 Å². The lowest BCUT2D eigenvalue weighted by molar-refractivity contribution is 0.846. The van der Waals surface area contributed by atoms with Crippen molar-refractivity contribution in [1.29, 1.82) is 0 Å². The molecule has 9 nitrogen and oxygen atoms in total. The van der Waals surface area contributed by atoms with Crippen molar-refractivity contribution in [2.24, 2.45) is 10.7 Å². The van der Waals surface area contributed by atoms with Gasteiger partial charge in [-0.05, 0) is 18.6 Å². The number of aromatic amines is 1. The summed E-state index contributed by atoms with van der Waals surface area (Å²) >= 11 is 3.16. The molecule has 3 aromatic rings. The van der Waals surface area contributed by atoms with Crippen molar-refractivity contribution in [3.63, 3.8) is 0 Å². The Morgan fingerprint density at radius 2 is 2.20 bits per heavy atom. The number of rotatable bonds is 9. The number of hydrogen-bond donors (Lipinski definition) is 4. The lowest BCUT2D eigenvalue weighted by Gasteiger charge is -2.17. The van der Waals surface area contributed by atoms with E-state index in [1.54, 1.807) is 36.7 Å². The van der Waals surface area contributed by atoms with Crippen LogP contribution in [0.3, 0.4) is 0 Å². The number of hydrogen-bond acceptors (Lipinski definition) is 8. The molecule has 1 unspecified atom stereocenters. The first-order valence-electron chi connectivity index (χ1n) is 9.27. The van der Waals surface area contributed by atoms with Crippen molar-refractivity contribution < 1.29 is 0 Å². The van der Waals surface area contributed by atoms with Crippen molar-refractivity contribution in [1.82, 2.24) is 25.3 Å². The third kappa shape index (κ3) is 6.29. The molecule has 158 valence electrons. The number of aliphatic imine (C=N–C) groups is 1. The van der Waals surface area contributed by atoms with Crippen LogP contribution in [-0.2, 0) is 6.42 Å². The van der Waals surface area contributed by atoms with Gasteiger partial charge in [0.05, 0.1) is 11.2 Å². The van der Waals surface area contributed by atoms with Gasteiger partial charge >= 0.3 is 0 Å². The Balaban J connectivity index is 1.52. The van der Waals surface area contributed by atoms with Crippen LogP contribution in [0.15, 0.2) is 45.2 Å². The molecule has 3 rings (SSSR count). The monoisotopic (exact) mass is 444 g/mol. The van der Waals surface area contributed by atoms with Gasteiger partial charge in [-0.1, -0.05) is 6.07 Å². The van der Waals surface area contributed by atoms with E-state index in [0.717, 1.165) is 22.7 Å². The molecule has 0 spiro atoms. The van der Waals surface area contributed by atoms with Crippen LogP contribution >= 0.6 is 23.1 Å². The van der Waals surface area contributed by atoms with E-state index in [-0.39, 0.29) is 10.9 Å². The normalized spacial score (nSPS) is 12.5. The molecule has 0 aliphatic carbocycles. The second-order valence-corrected chi connectivity index (χ2v) is 8.35. The highest BCUT2D eigenvalue weighted by Crippen LogP contribution is 2.25. The van der Waals surface area contributed by atoms with E-state index < -0.39 is 0 Å². The topological polar surface area (TPSA) is 134 Å². The summed E-state index contributed by atoms with van der Waals surface area (Å²) in [5, 5.41) is 8.16. The van der Waals surface area contributed by atoms with E-state index in [1.165, 1.54) is 11.3 Å². The number of nitrogens with two attached hydrogens (primary N) is 1. The summed E-state index contributed by atoms with van der Waals surface area (Å²) in [7, 11) is 1.63. The zero-order valence-electron chi connectivity index (χ0n) is 16.8. The number of H-pyrrole nitrogens is 1. The van der Waals surface area contributed by atoms with E-state index in [9.17, 15) is 4.79 Å². The van der Waals surface area contributed by atoms with Crippen LogP contribution in [-0.4, -0.2) is 45.2 Å². The van der Waals surface area contributed by atoms with Crippen LogP contribution in [0.2, 0.25) is 0 Å². The number of aromatic nitrogens is 4. The first-order chi connectivity index (χ1) is 14.5. The average Bonchev–Trinajstić information content (AvgIpc) is 3.28. The Hall–Kier alpha value is -2.92. The van der Waals surface area contributed by atoms with Crippen molar-refractivity contribution >= 4 is 35.0 Å². The molecule has 3 heterocycles. The van der Waals surface area contributed by atoms with Gasteiger partial charge in [0.25, 0.3) is 5.56 Å². The van der Waals surface area contributed by atoms with Crippen LogP contribution in [0.5, 0.6) is 0 Å². The Morgan fingerprint density at radius 1 is 1.33 bits per heavy atom. The van der Waals surface area contributed by atoms with Crippen LogP contribution < -0.4 is 21.9 Å². The molecular weight excluding hydrogens is 420 g/mol. The minimum atomic E-state index is -0.158. The standard InChI is InChI=1S/C19H24N8OS2/c1-12-3-4-13(8-23-12)7-14-9-24-19(26-16(14)28)22-5-6-30-17(27-18(20)21-2)15-10-29-11-25-15/h3-4,8-11,17H,5-7H2,1-2H3,(H3,20,21,27)(H2,22,24,26,28). The fraction of sp³-hybridized carbons (Fsp3) is 0.316. The number of anilines is 1. The fourth-order valence-corrected chi connectivity index (χ4v) is 4.18. The Kier molecular flexibility index (Phi) is 7.80. The van der Waals surface area contributed by atoms with Gasteiger partial charge in [-0.2, -0.15) is 0 Å². The maximum atomic E-state index is 12.4. The number of thiazole rings is 1. The van der Waals surface area contributed by atoms with E-state index in [0.29, 0.717) is 30.4 Å². The number of guanidine groups is 1. The first-order valence-corrected chi connectivity index (χ1v) is 11.3. The number of nitrogens with one attached hydrogen (secondary N) is 3. The summed E-state index contributed by atoms with van der Waals surface area (Å²) in [4.78, 5) is 32.0. The van der Waals surface area contributed by atoms with Crippen LogP contribution in [0.4, 0.5) is 5.95 Å². The molecule has 0 radical (unpaired) electrons. The van der Waals surface area contributed by atoms with Crippen molar-refractivity contribution in [2.45, 2.75) is 18.7 Å². The molecule has 0 fully saturated rings. The Bertz CT molecular complexity index is 1020. The molecule has 1 atom stereocenters. The predicted molar refractivity (Wildman–Crippen MR) is 123 cm³/mol. The van der Waals surface area contributed by atoms with Crippen molar-refractivity contribution in [3.05, 3.63) is 68.3 Å². The summed E-state index contributed by atoms with van der Waals surface area (Å²) in [6.45, 7) is 2.54. The predicted octanol–water partition coefficient (Wildman–Crippen LogP) is 1.90. The van der Waals surface area contributed by atoms with E-state index in [4.69, 9.17) is 5.73 Å². The van der Waals surface area contributed by atoms with Crippen molar-refractivity contribution in [2.75, 3.05) is 24.7 Å². The second-order valence-electron chi connectivity index (χ2n) is 6.41. The van der Waals surface area contributed by atoms with Gasteiger partial charge in [-0.25, -0.2) is 9.97 Å². The molecule has 30 heavy (non-hydrogen) atoms. The van der Waals surface area contributed by atoms with Gasteiger partial charge in [0, 0.05) is 54.8 Å². The quantitative estimate of drug-likeness (QED) is 0.170. The van der Waals surface area contributed by atoms with E-state index in [1.807, 2.05) is 24.4 Å². The van der Waals surface area contributed by atoms with E-state index >= 15 is 0 Å². The lowest BCUT2D eigenvalue weighted by Crippen LogP contribution is -2.34. The summed E-state index contributed by atoms with van der Waals surface area (Å²) in [6.07, 6.45) is 3.88. The third-order valence-corrected chi connectivity index (χ3v) is 5.90. The summed E-state index contributed by atoms with van der Waals surface area (Å²) in [5.41, 5.74) is 10.8. The van der Waals surface area contributed by atoms with Crippen molar-refractivity contribution in [3.8, 4) is 0 Å². The largest absolute Gasteiger partial charge is 0.370 e. The maximum absolute atomic E-state index is 12.4. The number of aryl methyl sites for hydroxylation is 1. The third-order valence-electron chi connectivity index (χ3n) is 4.16. The van der Waals surface area contributed by atoms with Crippen LogP contribution in [0, 0.1) is 6.92 Å². The molecule has 0 aliphatic heterocycles. The molecule has 0 aromatic carbocycles. The molecule has 5 N–H and O–H groups in total. The highest BCUT2D eigenvalue weighted by molar-refractivity contribution is 7.99. The highest BCUT2D eigenvalue weighted by Gasteiger charge is 2.14. The molecule has 0 bridgehead atoms. The molecule has 0 saturated carbocycles. The molecule has 0 aliphatic rings. The number of pyridine rings is 1. The zero-order valence-corrected chi connectivity index (χ0v) is 18.4. The molecular formula is C19H24N8OS2. The SMILES string of the molecule is CN=C(N)NC(SCCNc1ncc(Cc2ccc(C)nc2)c(=O)[nH]1)c1cscn1. The molecule has 0 saturated heterocycles. The van der Waals surface area contributed by atoms with Gasteiger partial charge in [0.2, 0.25) is 5.95 Å². The minimum Gasteiger partial charge on any atom is -0.370 e. The van der Waals surface area contributed by atoms with E-state index in [2.05, 4.69) is 35.6 Å². The van der Waals surface area contributed by atoms with Crippen LogP contribution in [0.1, 0.15) is 27.9 Å². The zero-order chi connectivity index (χ0) is 21.3. The van der Waals surface area contributed by atoms with Gasteiger partial charge in [-0.3, -0.25) is 19.8 Å². The Labute approximate surface area is 182 Å². The number of nitrogens with zero attached hydrogens (tertiary/aromatic N) is 4.